The predicted octanol–water partition coefficient (Wildman–Crippen LogP) is 1.55. The van der Waals surface area contributed by atoms with Crippen LogP contribution in [0.1, 0.15) is 30.1 Å². The molecular weight excluding hydrogens is 384 g/mol. The molecule has 0 aliphatic heterocycles. The zero-order valence-electron chi connectivity index (χ0n) is 13.1. The first-order valence-electron chi connectivity index (χ1n) is 6.91. The summed E-state index contributed by atoms with van der Waals surface area (Å²) >= 11 is 3.26. The van der Waals surface area contributed by atoms with Crippen LogP contribution in [-0.4, -0.2) is 36.9 Å². The number of primary amides is 1. The lowest BCUT2D eigenvalue weighted by Gasteiger charge is -2.12. The number of esters is 1. The predicted molar refractivity (Wildman–Crippen MR) is 87.5 cm³/mol. The third-order valence-electron chi connectivity index (χ3n) is 2.94. The molecule has 1 unspecified atom stereocenters. The Bertz CT molecular complexity index is 661. The summed E-state index contributed by atoms with van der Waals surface area (Å²) in [6.07, 6.45) is -1.53. The maximum absolute atomic E-state index is 12.2. The van der Waals surface area contributed by atoms with Crippen LogP contribution in [0.4, 0.5) is 4.79 Å². The van der Waals surface area contributed by atoms with Gasteiger partial charge in [0.15, 0.2) is 11.9 Å². The number of methoxy groups -OCH3 is 1. The molecule has 8 nitrogen and oxygen atoms in total. The van der Waals surface area contributed by atoms with Gasteiger partial charge in [-0.1, -0.05) is 15.9 Å². The maximum Gasteiger partial charge on any atom is 0.318 e. The Morgan fingerprint density at radius 2 is 1.92 bits per heavy atom. The van der Waals surface area contributed by atoms with Gasteiger partial charge in [0.1, 0.15) is 5.75 Å². The number of benzene rings is 1. The molecule has 24 heavy (non-hydrogen) atoms. The summed E-state index contributed by atoms with van der Waals surface area (Å²) in [7, 11) is 1.44. The smallest absolute Gasteiger partial charge is 0.318 e. The van der Waals surface area contributed by atoms with E-state index in [1.165, 1.54) is 14.0 Å². The van der Waals surface area contributed by atoms with E-state index in [0.717, 1.165) is 0 Å². The van der Waals surface area contributed by atoms with Crippen molar-refractivity contribution in [2.75, 3.05) is 7.11 Å². The lowest BCUT2D eigenvalue weighted by atomic mass is 10.1. The quantitative estimate of drug-likeness (QED) is 0.528. The molecule has 9 heteroatoms. The first-order valence-corrected chi connectivity index (χ1v) is 7.70. The Kier molecular flexibility index (Phi) is 7.37. The van der Waals surface area contributed by atoms with Gasteiger partial charge in [0.25, 0.3) is 5.91 Å². The first-order chi connectivity index (χ1) is 11.2. The molecule has 0 spiro atoms. The lowest BCUT2D eigenvalue weighted by molar-refractivity contribution is -0.154. The Hall–Kier alpha value is -2.42. The van der Waals surface area contributed by atoms with Crippen LogP contribution in [0.2, 0.25) is 0 Å². The van der Waals surface area contributed by atoms with Gasteiger partial charge < -0.3 is 15.2 Å². The molecule has 0 aromatic heterocycles. The fraction of sp³-hybridized carbons (Fsp3) is 0.333. The van der Waals surface area contributed by atoms with Gasteiger partial charge in [-0.2, -0.15) is 0 Å². The zero-order chi connectivity index (χ0) is 18.3. The molecule has 0 radical (unpaired) electrons. The molecule has 0 fully saturated rings. The average Bonchev–Trinajstić information content (AvgIpc) is 2.51. The van der Waals surface area contributed by atoms with E-state index in [0.29, 0.717) is 15.8 Å². The fourth-order valence-electron chi connectivity index (χ4n) is 1.78. The molecular formula is C15H17BrN2O6. The van der Waals surface area contributed by atoms with Gasteiger partial charge in [-0.3, -0.25) is 19.7 Å². The molecule has 0 saturated carbocycles. The van der Waals surface area contributed by atoms with Crippen LogP contribution in [0, 0.1) is 0 Å². The third-order valence-corrected chi connectivity index (χ3v) is 3.44. The Morgan fingerprint density at radius 3 is 2.50 bits per heavy atom. The molecule has 0 heterocycles. The summed E-state index contributed by atoms with van der Waals surface area (Å²) in [6.45, 7) is 1.29. The highest BCUT2D eigenvalue weighted by Gasteiger charge is 2.20. The SMILES string of the molecule is COc1ccc(Br)cc1C(=O)CCC(=O)OC(C)C(=O)NC(N)=O. The second-order valence-electron chi connectivity index (χ2n) is 4.75. The molecule has 1 rings (SSSR count). The highest BCUT2D eigenvalue weighted by Crippen LogP contribution is 2.24. The summed E-state index contributed by atoms with van der Waals surface area (Å²) in [5.74, 6) is -1.50. The molecule has 0 aliphatic rings. The monoisotopic (exact) mass is 400 g/mol. The first kappa shape index (κ1) is 19.6. The van der Waals surface area contributed by atoms with E-state index in [9.17, 15) is 19.2 Å². The Labute approximate surface area is 146 Å². The van der Waals surface area contributed by atoms with Crippen molar-refractivity contribution in [3.63, 3.8) is 0 Å². The molecule has 0 bridgehead atoms. The van der Waals surface area contributed by atoms with E-state index in [-0.39, 0.29) is 18.6 Å². The minimum Gasteiger partial charge on any atom is -0.496 e. The normalized spacial score (nSPS) is 11.3. The fourth-order valence-corrected chi connectivity index (χ4v) is 2.14. The van der Waals surface area contributed by atoms with Crippen molar-refractivity contribution in [1.29, 1.82) is 0 Å². The summed E-state index contributed by atoms with van der Waals surface area (Å²) in [5.41, 5.74) is 5.13. The largest absolute Gasteiger partial charge is 0.496 e. The molecule has 1 aromatic rings. The summed E-state index contributed by atoms with van der Waals surface area (Å²) < 4.78 is 10.6. The van der Waals surface area contributed by atoms with Gasteiger partial charge in [-0.25, -0.2) is 4.79 Å². The van der Waals surface area contributed by atoms with Crippen molar-refractivity contribution < 1.29 is 28.7 Å². The van der Waals surface area contributed by atoms with Gasteiger partial charge in [-0.15, -0.1) is 0 Å². The second kappa shape index (κ2) is 9.02. The van der Waals surface area contributed by atoms with Crippen LogP contribution in [0.15, 0.2) is 22.7 Å². The van der Waals surface area contributed by atoms with E-state index in [1.54, 1.807) is 23.5 Å². The number of ketones is 1. The number of nitrogens with two attached hydrogens (primary N) is 1. The van der Waals surface area contributed by atoms with Gasteiger partial charge >= 0.3 is 12.0 Å². The van der Waals surface area contributed by atoms with Crippen LogP contribution in [0.25, 0.3) is 0 Å². The lowest BCUT2D eigenvalue weighted by Crippen LogP contribution is -2.42. The van der Waals surface area contributed by atoms with E-state index in [1.807, 2.05) is 0 Å². The number of ether oxygens (including phenoxy) is 2. The minimum absolute atomic E-state index is 0.115. The van der Waals surface area contributed by atoms with Crippen LogP contribution in [0.5, 0.6) is 5.75 Å². The number of urea groups is 1. The summed E-state index contributed by atoms with van der Waals surface area (Å²) in [4.78, 5) is 45.8. The average molecular weight is 401 g/mol. The van der Waals surface area contributed by atoms with Gasteiger partial charge in [0.2, 0.25) is 0 Å². The number of imide groups is 1. The number of hydrogen-bond acceptors (Lipinski definition) is 6. The number of carbonyl (C=O) groups is 4. The topological polar surface area (TPSA) is 125 Å². The van der Waals surface area contributed by atoms with E-state index in [4.69, 9.17) is 15.2 Å². The molecule has 130 valence electrons. The maximum atomic E-state index is 12.2. The Morgan fingerprint density at radius 1 is 1.25 bits per heavy atom. The summed E-state index contributed by atoms with van der Waals surface area (Å²) in [5, 5.41) is 1.79. The number of nitrogens with one attached hydrogen (secondary N) is 1. The second-order valence-corrected chi connectivity index (χ2v) is 5.67. The number of Topliss-reactive ketones (excluding diaryl/α,β-unsaturated/α-hetero) is 1. The van der Waals surface area contributed by atoms with Crippen molar-refractivity contribution in [1.82, 2.24) is 5.32 Å². The van der Waals surface area contributed by atoms with Crippen molar-refractivity contribution in [2.24, 2.45) is 5.73 Å². The van der Waals surface area contributed by atoms with E-state index in [2.05, 4.69) is 15.9 Å². The van der Waals surface area contributed by atoms with Crippen LogP contribution in [-0.2, 0) is 14.3 Å². The van der Waals surface area contributed by atoms with E-state index >= 15 is 0 Å². The number of carbonyl (C=O) groups excluding carboxylic acids is 4. The van der Waals surface area contributed by atoms with E-state index < -0.39 is 24.0 Å². The van der Waals surface area contributed by atoms with Gasteiger partial charge in [0, 0.05) is 10.9 Å². The number of halogens is 1. The Balaban J connectivity index is 2.58. The van der Waals surface area contributed by atoms with Crippen molar-refractivity contribution in [3.05, 3.63) is 28.2 Å². The number of amides is 3. The summed E-state index contributed by atoms with van der Waals surface area (Å²) in [6, 6.07) is 3.91. The molecule has 3 N–H and O–H groups in total. The highest BCUT2D eigenvalue weighted by molar-refractivity contribution is 9.10. The van der Waals surface area contributed by atoms with Crippen molar-refractivity contribution in [3.8, 4) is 5.75 Å². The van der Waals surface area contributed by atoms with Crippen LogP contribution in [0.3, 0.4) is 0 Å². The van der Waals surface area contributed by atoms with Crippen LogP contribution >= 0.6 is 15.9 Å². The number of hydrogen-bond donors (Lipinski definition) is 2. The van der Waals surface area contributed by atoms with Crippen LogP contribution < -0.4 is 15.8 Å². The van der Waals surface area contributed by atoms with Gasteiger partial charge in [-0.05, 0) is 25.1 Å². The molecule has 0 aliphatic carbocycles. The number of rotatable bonds is 7. The zero-order valence-corrected chi connectivity index (χ0v) is 14.7. The molecule has 1 aromatic carbocycles. The molecule has 0 saturated heterocycles. The standard InChI is InChI=1S/C15H17BrN2O6/c1-8(14(21)18-15(17)22)24-13(20)6-4-11(19)10-7-9(16)3-5-12(10)23-2/h3,5,7-8H,4,6H2,1-2H3,(H3,17,18,21,22). The highest BCUT2D eigenvalue weighted by atomic mass is 79.9. The third kappa shape index (κ3) is 5.99. The van der Waals surface area contributed by atoms with Crippen molar-refractivity contribution in [2.45, 2.75) is 25.9 Å². The molecule has 3 amide bonds. The van der Waals surface area contributed by atoms with Crippen molar-refractivity contribution >= 4 is 39.6 Å². The molecule has 1 atom stereocenters. The van der Waals surface area contributed by atoms with Gasteiger partial charge in [0.05, 0.1) is 19.1 Å². The minimum atomic E-state index is -1.19.